The van der Waals surface area contributed by atoms with Gasteiger partial charge in [0, 0.05) is 29.2 Å². The van der Waals surface area contributed by atoms with Crippen molar-refractivity contribution in [1.29, 1.82) is 0 Å². The fourth-order valence-electron chi connectivity index (χ4n) is 3.83. The van der Waals surface area contributed by atoms with Crippen LogP contribution in [0.4, 0.5) is 11.5 Å². The van der Waals surface area contributed by atoms with E-state index in [0.29, 0.717) is 27.8 Å². The first-order valence-corrected chi connectivity index (χ1v) is 11.8. The van der Waals surface area contributed by atoms with Gasteiger partial charge in [-0.3, -0.25) is 9.59 Å². The number of carbonyl (C=O) groups excluding carboxylic acids is 2. The van der Waals surface area contributed by atoms with Crippen molar-refractivity contribution in [2.45, 2.75) is 44.2 Å². The number of amides is 2. The lowest BCUT2D eigenvalue weighted by Gasteiger charge is -2.24. The topological polar surface area (TPSA) is 101 Å². The van der Waals surface area contributed by atoms with Crippen LogP contribution in [0.3, 0.4) is 0 Å². The predicted octanol–water partition coefficient (Wildman–Crippen LogP) is 2.71. The van der Waals surface area contributed by atoms with E-state index in [1.807, 2.05) is 20.8 Å². The highest BCUT2D eigenvalue weighted by molar-refractivity contribution is 7.90. The third-order valence-corrected chi connectivity index (χ3v) is 6.99. The van der Waals surface area contributed by atoms with Crippen molar-refractivity contribution in [2.75, 3.05) is 16.8 Å². The highest BCUT2D eigenvalue weighted by atomic mass is 35.5. The minimum absolute atomic E-state index is 0.0819. The normalized spacial score (nSPS) is 20.5. The number of rotatable bonds is 3. The van der Waals surface area contributed by atoms with Gasteiger partial charge in [-0.15, -0.1) is 0 Å². The molecule has 0 bridgehead atoms. The third-order valence-electron chi connectivity index (χ3n) is 5.30. The summed E-state index contributed by atoms with van der Waals surface area (Å²) >= 11 is 5.91. The molecule has 4 rings (SSSR count). The summed E-state index contributed by atoms with van der Waals surface area (Å²) in [6.45, 7) is 6.04. The summed E-state index contributed by atoms with van der Waals surface area (Å²) in [4.78, 5) is 27.1. The van der Waals surface area contributed by atoms with Crippen LogP contribution in [-0.4, -0.2) is 36.6 Å². The number of halogens is 1. The lowest BCUT2D eigenvalue weighted by molar-refractivity contribution is -0.122. The van der Waals surface area contributed by atoms with Crippen LogP contribution in [0.2, 0.25) is 5.02 Å². The summed E-state index contributed by atoms with van der Waals surface area (Å²) in [6.07, 6.45) is 0.0819. The van der Waals surface area contributed by atoms with Gasteiger partial charge < -0.3 is 10.2 Å². The summed E-state index contributed by atoms with van der Waals surface area (Å²) in [5, 5.41) is 7.90. The first-order valence-electron chi connectivity index (χ1n) is 9.63. The van der Waals surface area contributed by atoms with E-state index in [4.69, 9.17) is 11.6 Å². The van der Waals surface area contributed by atoms with E-state index in [0.717, 1.165) is 0 Å². The number of fused-ring (bicyclic) bond motifs is 1. The molecule has 3 heterocycles. The van der Waals surface area contributed by atoms with Crippen molar-refractivity contribution in [2.24, 2.45) is 5.92 Å². The van der Waals surface area contributed by atoms with Gasteiger partial charge in [-0.05, 0) is 45.0 Å². The number of hydrogen-bond acceptors (Lipinski definition) is 5. The molecule has 1 aromatic heterocycles. The lowest BCUT2D eigenvalue weighted by Crippen LogP contribution is -2.31. The maximum Gasteiger partial charge on any atom is 0.230 e. The molecular formula is C20H23ClN4O4S. The monoisotopic (exact) mass is 450 g/mol. The molecule has 2 aliphatic heterocycles. The molecule has 1 saturated heterocycles. The van der Waals surface area contributed by atoms with Crippen LogP contribution < -0.4 is 10.2 Å². The number of carbonyl (C=O) groups is 2. The van der Waals surface area contributed by atoms with Crippen LogP contribution in [0.5, 0.6) is 0 Å². The van der Waals surface area contributed by atoms with Crippen molar-refractivity contribution >= 4 is 44.8 Å². The first-order chi connectivity index (χ1) is 13.9. The van der Waals surface area contributed by atoms with E-state index in [2.05, 4.69) is 10.4 Å². The van der Waals surface area contributed by atoms with Crippen molar-refractivity contribution < 1.29 is 18.0 Å². The van der Waals surface area contributed by atoms with Crippen molar-refractivity contribution in [3.05, 3.63) is 40.5 Å². The number of nitrogens with zero attached hydrogens (tertiary/aromatic N) is 3. The Labute approximate surface area is 180 Å². The van der Waals surface area contributed by atoms with Gasteiger partial charge >= 0.3 is 0 Å². The third kappa shape index (κ3) is 3.83. The number of aromatic nitrogens is 2. The molecule has 160 valence electrons. The number of sulfone groups is 1. The zero-order valence-electron chi connectivity index (χ0n) is 17.0. The standard InChI is InChI=1S/C20H23ClN4O4S/c1-20(2,3)25-18(15-10-30(28,29)11-16(15)23-25)22-19(27)12-8-17(26)24(9-12)14-6-4-13(21)5-7-14/h4-7,12H,8-11H2,1-3H3,(H,22,27)/t12-/m0/s1. The number of hydrogen-bond donors (Lipinski definition) is 1. The van der Waals surface area contributed by atoms with Gasteiger partial charge in [-0.25, -0.2) is 13.1 Å². The second-order valence-corrected chi connectivity index (χ2v) is 11.3. The lowest BCUT2D eigenvalue weighted by atomic mass is 10.1. The van der Waals surface area contributed by atoms with E-state index in [-0.39, 0.29) is 36.3 Å². The minimum atomic E-state index is -3.26. The van der Waals surface area contributed by atoms with Crippen molar-refractivity contribution in [1.82, 2.24) is 9.78 Å². The van der Waals surface area contributed by atoms with Gasteiger partial charge in [0.15, 0.2) is 9.84 Å². The Balaban J connectivity index is 1.58. The molecule has 2 aromatic rings. The molecule has 1 N–H and O–H groups in total. The summed E-state index contributed by atoms with van der Waals surface area (Å²) < 4.78 is 25.8. The average molecular weight is 451 g/mol. The molecule has 0 spiro atoms. The SMILES string of the molecule is CC(C)(C)n1nc2c(c1NC(=O)[C@H]1CC(=O)N(c3ccc(Cl)cc3)C1)CS(=O)(=O)C2. The maximum atomic E-state index is 13.0. The second kappa shape index (κ2) is 7.09. The van der Waals surface area contributed by atoms with Gasteiger partial charge in [-0.1, -0.05) is 11.6 Å². The summed E-state index contributed by atoms with van der Waals surface area (Å²) in [5.74, 6) is -0.882. The zero-order chi connectivity index (χ0) is 21.8. The molecule has 1 atom stereocenters. The number of anilines is 2. The van der Waals surface area contributed by atoms with Crippen molar-refractivity contribution in [3.8, 4) is 0 Å². The molecule has 8 nitrogen and oxygen atoms in total. The highest BCUT2D eigenvalue weighted by Crippen LogP contribution is 2.35. The van der Waals surface area contributed by atoms with E-state index in [1.54, 1.807) is 33.8 Å². The zero-order valence-corrected chi connectivity index (χ0v) is 18.5. The first kappa shape index (κ1) is 20.9. The van der Waals surface area contributed by atoms with Crippen LogP contribution in [0.15, 0.2) is 24.3 Å². The molecule has 0 radical (unpaired) electrons. The smallest absolute Gasteiger partial charge is 0.230 e. The molecule has 10 heteroatoms. The van der Waals surface area contributed by atoms with Crippen LogP contribution in [0.25, 0.3) is 0 Å². The highest BCUT2D eigenvalue weighted by Gasteiger charge is 2.39. The Morgan fingerprint density at radius 1 is 1.20 bits per heavy atom. The molecular weight excluding hydrogens is 428 g/mol. The molecule has 2 aliphatic rings. The summed E-state index contributed by atoms with van der Waals surface area (Å²) in [7, 11) is -3.26. The Bertz CT molecular complexity index is 1130. The van der Waals surface area contributed by atoms with E-state index >= 15 is 0 Å². The largest absolute Gasteiger partial charge is 0.312 e. The van der Waals surface area contributed by atoms with Gasteiger partial charge in [-0.2, -0.15) is 5.10 Å². The molecule has 0 saturated carbocycles. The van der Waals surface area contributed by atoms with Crippen LogP contribution in [0, 0.1) is 5.92 Å². The summed E-state index contributed by atoms with van der Waals surface area (Å²) in [6, 6.07) is 6.88. The molecule has 1 fully saturated rings. The van der Waals surface area contributed by atoms with Crippen LogP contribution >= 0.6 is 11.6 Å². The summed E-state index contributed by atoms with van der Waals surface area (Å²) in [5.41, 5.74) is 1.26. The van der Waals surface area contributed by atoms with E-state index in [9.17, 15) is 18.0 Å². The molecule has 2 amide bonds. The van der Waals surface area contributed by atoms with Crippen LogP contribution in [-0.2, 0) is 36.5 Å². The fourth-order valence-corrected chi connectivity index (χ4v) is 5.45. The second-order valence-electron chi connectivity index (χ2n) is 8.76. The Kier molecular flexibility index (Phi) is 4.93. The van der Waals surface area contributed by atoms with Gasteiger partial charge in [0.2, 0.25) is 11.8 Å². The number of nitrogens with one attached hydrogen (secondary N) is 1. The van der Waals surface area contributed by atoms with Gasteiger partial charge in [0.25, 0.3) is 0 Å². The Morgan fingerprint density at radius 3 is 2.50 bits per heavy atom. The fraction of sp³-hybridized carbons (Fsp3) is 0.450. The average Bonchev–Trinajstić information content (AvgIpc) is 3.26. The maximum absolute atomic E-state index is 13.0. The van der Waals surface area contributed by atoms with Gasteiger partial charge in [0.05, 0.1) is 28.7 Å². The molecule has 30 heavy (non-hydrogen) atoms. The Hall–Kier alpha value is -2.39. The van der Waals surface area contributed by atoms with Crippen LogP contribution in [0.1, 0.15) is 38.4 Å². The Morgan fingerprint density at radius 2 is 1.87 bits per heavy atom. The van der Waals surface area contributed by atoms with E-state index in [1.165, 1.54) is 0 Å². The number of benzene rings is 1. The quantitative estimate of drug-likeness (QED) is 0.774. The molecule has 0 unspecified atom stereocenters. The van der Waals surface area contributed by atoms with Gasteiger partial charge in [0.1, 0.15) is 5.82 Å². The van der Waals surface area contributed by atoms with E-state index < -0.39 is 21.3 Å². The molecule has 1 aromatic carbocycles. The minimum Gasteiger partial charge on any atom is -0.312 e. The van der Waals surface area contributed by atoms with Crippen molar-refractivity contribution in [3.63, 3.8) is 0 Å². The predicted molar refractivity (Wildman–Crippen MR) is 114 cm³/mol. The molecule has 0 aliphatic carbocycles.